The highest BCUT2D eigenvalue weighted by molar-refractivity contribution is 4.68. The lowest BCUT2D eigenvalue weighted by Crippen LogP contribution is -2.34. The molecule has 0 heterocycles. The number of rotatable bonds is 9. The van der Waals surface area contributed by atoms with Crippen LogP contribution in [0.1, 0.15) is 46.0 Å². The summed E-state index contributed by atoms with van der Waals surface area (Å²) < 4.78 is 5.10. The Morgan fingerprint density at radius 1 is 1.14 bits per heavy atom. The van der Waals surface area contributed by atoms with Gasteiger partial charge in [-0.15, -0.1) is 0 Å². The van der Waals surface area contributed by atoms with E-state index in [9.17, 15) is 0 Å². The van der Waals surface area contributed by atoms with Gasteiger partial charge in [0.15, 0.2) is 0 Å². The molecule has 2 heteroatoms. The van der Waals surface area contributed by atoms with Crippen molar-refractivity contribution in [2.75, 3.05) is 27.3 Å². The van der Waals surface area contributed by atoms with E-state index in [1.54, 1.807) is 7.11 Å². The summed E-state index contributed by atoms with van der Waals surface area (Å²) in [5.41, 5.74) is 0. The summed E-state index contributed by atoms with van der Waals surface area (Å²) in [5, 5.41) is 0. The molecule has 0 aliphatic heterocycles. The molecular weight excluding hydrogens is 174 g/mol. The summed E-state index contributed by atoms with van der Waals surface area (Å²) in [6.07, 6.45) is 6.59. The van der Waals surface area contributed by atoms with Gasteiger partial charge in [0, 0.05) is 19.7 Å². The predicted octanol–water partition coefficient (Wildman–Crippen LogP) is 2.92. The van der Waals surface area contributed by atoms with Gasteiger partial charge in [0.2, 0.25) is 0 Å². The largest absolute Gasteiger partial charge is 0.383 e. The smallest absolute Gasteiger partial charge is 0.0589 e. The predicted molar refractivity (Wildman–Crippen MR) is 62.7 cm³/mol. The number of nitrogens with zero attached hydrogens (tertiary/aromatic N) is 1. The third-order valence-corrected chi connectivity index (χ3v) is 2.78. The summed E-state index contributed by atoms with van der Waals surface area (Å²) in [4.78, 5) is 2.45. The lowest BCUT2D eigenvalue weighted by Gasteiger charge is -2.27. The second kappa shape index (κ2) is 9.47. The van der Waals surface area contributed by atoms with Crippen LogP contribution in [0.5, 0.6) is 0 Å². The second-order valence-electron chi connectivity index (χ2n) is 4.06. The van der Waals surface area contributed by atoms with E-state index in [0.717, 1.165) is 19.2 Å². The van der Waals surface area contributed by atoms with Gasteiger partial charge in [-0.25, -0.2) is 0 Å². The molecule has 0 spiro atoms. The van der Waals surface area contributed by atoms with E-state index < -0.39 is 0 Å². The monoisotopic (exact) mass is 201 g/mol. The quantitative estimate of drug-likeness (QED) is 0.569. The molecule has 0 saturated heterocycles. The van der Waals surface area contributed by atoms with E-state index in [-0.39, 0.29) is 0 Å². The van der Waals surface area contributed by atoms with Crippen LogP contribution in [0, 0.1) is 0 Å². The highest BCUT2D eigenvalue weighted by Gasteiger charge is 2.12. The fourth-order valence-electron chi connectivity index (χ4n) is 1.78. The van der Waals surface area contributed by atoms with Crippen LogP contribution in [-0.4, -0.2) is 38.3 Å². The Morgan fingerprint density at radius 3 is 2.36 bits per heavy atom. The molecule has 0 radical (unpaired) electrons. The highest BCUT2D eigenvalue weighted by Crippen LogP contribution is 2.12. The average molecular weight is 201 g/mol. The van der Waals surface area contributed by atoms with E-state index in [2.05, 4.69) is 25.8 Å². The Labute approximate surface area is 89.6 Å². The Balaban J connectivity index is 3.77. The normalized spacial score (nSPS) is 13.5. The van der Waals surface area contributed by atoms with Crippen molar-refractivity contribution in [3.05, 3.63) is 0 Å². The summed E-state index contributed by atoms with van der Waals surface area (Å²) >= 11 is 0. The molecule has 1 atom stereocenters. The fraction of sp³-hybridized carbons (Fsp3) is 1.00. The molecule has 0 fully saturated rings. The van der Waals surface area contributed by atoms with Gasteiger partial charge in [-0.1, -0.05) is 33.1 Å². The van der Waals surface area contributed by atoms with Crippen molar-refractivity contribution in [3.8, 4) is 0 Å². The van der Waals surface area contributed by atoms with Crippen LogP contribution in [-0.2, 0) is 4.74 Å². The first-order chi connectivity index (χ1) is 6.76. The van der Waals surface area contributed by atoms with Crippen LogP contribution in [0.15, 0.2) is 0 Å². The average Bonchev–Trinajstić information content (AvgIpc) is 2.20. The van der Waals surface area contributed by atoms with Crippen molar-refractivity contribution >= 4 is 0 Å². The molecule has 0 rings (SSSR count). The summed E-state index contributed by atoms with van der Waals surface area (Å²) in [6.45, 7) is 6.44. The van der Waals surface area contributed by atoms with Crippen LogP contribution in [0.2, 0.25) is 0 Å². The van der Waals surface area contributed by atoms with E-state index in [4.69, 9.17) is 4.74 Å². The Hall–Kier alpha value is -0.0800. The van der Waals surface area contributed by atoms with Crippen LogP contribution in [0.4, 0.5) is 0 Å². The molecule has 2 nitrogen and oxygen atoms in total. The van der Waals surface area contributed by atoms with Gasteiger partial charge >= 0.3 is 0 Å². The molecule has 0 aliphatic rings. The highest BCUT2D eigenvalue weighted by atomic mass is 16.5. The van der Waals surface area contributed by atoms with Crippen molar-refractivity contribution in [1.82, 2.24) is 4.90 Å². The summed E-state index contributed by atoms with van der Waals surface area (Å²) in [5.74, 6) is 0. The molecule has 0 saturated carbocycles. The standard InChI is InChI=1S/C12H27NO/c1-5-7-9-12(8-6-2)13(3)10-11-14-4/h12H,5-11H2,1-4H3/t12-/m1/s1. The van der Waals surface area contributed by atoms with Crippen LogP contribution < -0.4 is 0 Å². The Morgan fingerprint density at radius 2 is 1.86 bits per heavy atom. The topological polar surface area (TPSA) is 12.5 Å². The molecule has 0 bridgehead atoms. The van der Waals surface area contributed by atoms with E-state index >= 15 is 0 Å². The fourth-order valence-corrected chi connectivity index (χ4v) is 1.78. The molecule has 0 aromatic carbocycles. The molecule has 0 aromatic heterocycles. The first-order valence-electron chi connectivity index (χ1n) is 5.95. The summed E-state index contributed by atoms with van der Waals surface area (Å²) in [7, 11) is 3.99. The lowest BCUT2D eigenvalue weighted by atomic mass is 10.0. The van der Waals surface area contributed by atoms with Crippen LogP contribution in [0.25, 0.3) is 0 Å². The van der Waals surface area contributed by atoms with Crippen molar-refractivity contribution in [2.24, 2.45) is 0 Å². The van der Waals surface area contributed by atoms with Crippen LogP contribution in [0.3, 0.4) is 0 Å². The van der Waals surface area contributed by atoms with Gasteiger partial charge in [-0.05, 0) is 19.9 Å². The Bertz CT molecular complexity index is 117. The number of methoxy groups -OCH3 is 1. The van der Waals surface area contributed by atoms with Crippen molar-refractivity contribution in [1.29, 1.82) is 0 Å². The van der Waals surface area contributed by atoms with Crippen LogP contribution >= 0.6 is 0 Å². The zero-order valence-electron chi connectivity index (χ0n) is 10.4. The van der Waals surface area contributed by atoms with E-state index in [0.29, 0.717) is 0 Å². The minimum atomic E-state index is 0.759. The van der Waals surface area contributed by atoms with Crippen molar-refractivity contribution in [3.63, 3.8) is 0 Å². The molecule has 14 heavy (non-hydrogen) atoms. The van der Waals surface area contributed by atoms with Crippen molar-refractivity contribution in [2.45, 2.75) is 52.0 Å². The number of unbranched alkanes of at least 4 members (excludes halogenated alkanes) is 1. The first kappa shape index (κ1) is 13.9. The summed E-state index contributed by atoms with van der Waals surface area (Å²) in [6, 6.07) is 0.759. The van der Waals surface area contributed by atoms with Gasteiger partial charge in [0.25, 0.3) is 0 Å². The third-order valence-electron chi connectivity index (χ3n) is 2.78. The number of hydrogen-bond donors (Lipinski definition) is 0. The molecular formula is C12H27NO. The molecule has 0 N–H and O–H groups in total. The maximum Gasteiger partial charge on any atom is 0.0589 e. The number of ether oxygens (including phenoxy) is 1. The minimum absolute atomic E-state index is 0.759. The Kier molecular flexibility index (Phi) is 9.42. The van der Waals surface area contributed by atoms with Gasteiger partial charge in [0.05, 0.1) is 6.61 Å². The maximum absolute atomic E-state index is 5.10. The van der Waals surface area contributed by atoms with Gasteiger partial charge < -0.3 is 9.64 Å². The number of hydrogen-bond acceptors (Lipinski definition) is 2. The zero-order valence-corrected chi connectivity index (χ0v) is 10.4. The molecule has 0 aromatic rings. The molecule has 86 valence electrons. The van der Waals surface area contributed by atoms with Gasteiger partial charge in [-0.3, -0.25) is 0 Å². The van der Waals surface area contributed by atoms with E-state index in [1.165, 1.54) is 32.1 Å². The van der Waals surface area contributed by atoms with Crippen molar-refractivity contribution < 1.29 is 4.74 Å². The van der Waals surface area contributed by atoms with Gasteiger partial charge in [-0.2, -0.15) is 0 Å². The number of likely N-dealkylation sites (N-methyl/N-ethyl adjacent to an activating group) is 1. The zero-order chi connectivity index (χ0) is 10.8. The molecule has 0 unspecified atom stereocenters. The molecule has 0 amide bonds. The molecule has 0 aliphatic carbocycles. The SMILES string of the molecule is CCCC[C@@H](CCC)N(C)CCOC. The lowest BCUT2D eigenvalue weighted by molar-refractivity contribution is 0.130. The van der Waals surface area contributed by atoms with Gasteiger partial charge in [0.1, 0.15) is 0 Å². The first-order valence-corrected chi connectivity index (χ1v) is 5.95. The maximum atomic E-state index is 5.10. The second-order valence-corrected chi connectivity index (χ2v) is 4.06. The minimum Gasteiger partial charge on any atom is -0.383 e. The third kappa shape index (κ3) is 6.39. The van der Waals surface area contributed by atoms with E-state index in [1.807, 2.05) is 0 Å².